The summed E-state index contributed by atoms with van der Waals surface area (Å²) in [7, 11) is 1.56. The topological polar surface area (TPSA) is 95.1 Å². The van der Waals surface area contributed by atoms with Crippen molar-refractivity contribution in [1.29, 1.82) is 0 Å². The molecule has 0 atom stereocenters. The van der Waals surface area contributed by atoms with Crippen LogP contribution in [0, 0.1) is 6.92 Å². The maximum atomic E-state index is 12.4. The van der Waals surface area contributed by atoms with Crippen molar-refractivity contribution < 1.29 is 9.53 Å². The molecule has 134 valence electrons. The molecular weight excluding hydrogens is 330 g/mol. The summed E-state index contributed by atoms with van der Waals surface area (Å²) in [6.45, 7) is 2.53. The van der Waals surface area contributed by atoms with E-state index in [4.69, 9.17) is 10.5 Å². The number of carbonyl (C=O) groups excluding carboxylic acids is 1. The first kappa shape index (κ1) is 17.5. The van der Waals surface area contributed by atoms with E-state index in [0.717, 1.165) is 12.0 Å². The molecule has 26 heavy (non-hydrogen) atoms. The first-order chi connectivity index (χ1) is 12.6. The number of ether oxygens (including phenoxy) is 1. The monoisotopic (exact) mass is 351 g/mol. The first-order valence-electron chi connectivity index (χ1n) is 8.28. The SMILES string of the molecule is COc1ccccc1-n1nnc(C(=O)NCCc2ccc(C)cc2)c1N. The van der Waals surface area contributed by atoms with Gasteiger partial charge in [0.25, 0.3) is 5.91 Å². The van der Waals surface area contributed by atoms with Gasteiger partial charge in [-0.05, 0) is 31.0 Å². The van der Waals surface area contributed by atoms with Gasteiger partial charge >= 0.3 is 0 Å². The van der Waals surface area contributed by atoms with Crippen LogP contribution in [0.2, 0.25) is 0 Å². The van der Waals surface area contributed by atoms with Gasteiger partial charge in [-0.25, -0.2) is 0 Å². The molecule has 3 N–H and O–H groups in total. The van der Waals surface area contributed by atoms with Gasteiger partial charge in [-0.2, -0.15) is 4.68 Å². The van der Waals surface area contributed by atoms with Gasteiger partial charge in [0.1, 0.15) is 11.4 Å². The van der Waals surface area contributed by atoms with Crippen molar-refractivity contribution in [2.24, 2.45) is 0 Å². The Hall–Kier alpha value is -3.35. The minimum Gasteiger partial charge on any atom is -0.494 e. The largest absolute Gasteiger partial charge is 0.494 e. The second-order valence-corrected chi connectivity index (χ2v) is 5.90. The van der Waals surface area contributed by atoms with Crippen LogP contribution in [0.15, 0.2) is 48.5 Å². The number of carbonyl (C=O) groups is 1. The molecule has 0 aliphatic heterocycles. The molecular formula is C19H21N5O2. The van der Waals surface area contributed by atoms with E-state index in [-0.39, 0.29) is 17.4 Å². The summed E-state index contributed by atoms with van der Waals surface area (Å²) < 4.78 is 6.70. The summed E-state index contributed by atoms with van der Waals surface area (Å²) in [5.41, 5.74) is 9.16. The third-order valence-electron chi connectivity index (χ3n) is 4.05. The lowest BCUT2D eigenvalue weighted by Gasteiger charge is -2.08. The van der Waals surface area contributed by atoms with Crippen molar-refractivity contribution in [1.82, 2.24) is 20.3 Å². The van der Waals surface area contributed by atoms with E-state index < -0.39 is 0 Å². The Kier molecular flexibility index (Phi) is 5.17. The average molecular weight is 351 g/mol. The molecule has 0 unspecified atom stereocenters. The van der Waals surface area contributed by atoms with Gasteiger partial charge < -0.3 is 15.8 Å². The van der Waals surface area contributed by atoms with Crippen molar-refractivity contribution >= 4 is 11.7 Å². The number of aryl methyl sites for hydroxylation is 1. The number of nitrogen functional groups attached to an aromatic ring is 1. The fourth-order valence-corrected chi connectivity index (χ4v) is 2.59. The van der Waals surface area contributed by atoms with Gasteiger partial charge in [-0.1, -0.05) is 47.2 Å². The van der Waals surface area contributed by atoms with E-state index in [9.17, 15) is 4.79 Å². The van der Waals surface area contributed by atoms with Crippen molar-refractivity contribution in [2.45, 2.75) is 13.3 Å². The van der Waals surface area contributed by atoms with Gasteiger partial charge in [-0.15, -0.1) is 5.10 Å². The fourth-order valence-electron chi connectivity index (χ4n) is 2.59. The molecule has 0 saturated carbocycles. The number of para-hydroxylation sites is 2. The summed E-state index contributed by atoms with van der Waals surface area (Å²) in [4.78, 5) is 12.4. The van der Waals surface area contributed by atoms with Crippen molar-refractivity contribution in [2.75, 3.05) is 19.4 Å². The quantitative estimate of drug-likeness (QED) is 0.709. The lowest BCUT2D eigenvalue weighted by molar-refractivity contribution is 0.0950. The van der Waals surface area contributed by atoms with Crippen LogP contribution >= 0.6 is 0 Å². The Balaban J connectivity index is 1.69. The highest BCUT2D eigenvalue weighted by Gasteiger charge is 2.19. The van der Waals surface area contributed by atoms with Crippen LogP contribution in [-0.4, -0.2) is 34.6 Å². The minimum absolute atomic E-state index is 0.0970. The van der Waals surface area contributed by atoms with Crippen LogP contribution in [0.25, 0.3) is 5.69 Å². The molecule has 0 aliphatic rings. The van der Waals surface area contributed by atoms with Crippen molar-refractivity contribution in [3.63, 3.8) is 0 Å². The molecule has 1 heterocycles. The second kappa shape index (κ2) is 7.69. The van der Waals surface area contributed by atoms with E-state index in [1.54, 1.807) is 19.2 Å². The van der Waals surface area contributed by atoms with E-state index in [1.807, 2.05) is 43.3 Å². The summed E-state index contributed by atoms with van der Waals surface area (Å²) in [5.74, 6) is 0.411. The third kappa shape index (κ3) is 3.66. The molecule has 0 saturated heterocycles. The average Bonchev–Trinajstić information content (AvgIpc) is 3.04. The number of rotatable bonds is 6. The van der Waals surface area contributed by atoms with E-state index >= 15 is 0 Å². The number of nitrogens with one attached hydrogen (secondary N) is 1. The molecule has 1 aromatic heterocycles. The maximum Gasteiger partial charge on any atom is 0.275 e. The number of nitrogens with two attached hydrogens (primary N) is 1. The van der Waals surface area contributed by atoms with Crippen LogP contribution < -0.4 is 15.8 Å². The van der Waals surface area contributed by atoms with Crippen LogP contribution in [0.1, 0.15) is 21.6 Å². The third-order valence-corrected chi connectivity index (χ3v) is 4.05. The minimum atomic E-state index is -0.351. The number of hydrogen-bond acceptors (Lipinski definition) is 5. The summed E-state index contributed by atoms with van der Waals surface area (Å²) in [6, 6.07) is 15.5. The number of nitrogens with zero attached hydrogens (tertiary/aromatic N) is 3. The van der Waals surface area contributed by atoms with Crippen LogP contribution in [0.3, 0.4) is 0 Å². The predicted octanol–water partition coefficient (Wildman–Crippen LogP) is 2.14. The maximum absolute atomic E-state index is 12.4. The lowest BCUT2D eigenvalue weighted by atomic mass is 10.1. The van der Waals surface area contributed by atoms with Crippen molar-refractivity contribution in [3.8, 4) is 11.4 Å². The number of aromatic nitrogens is 3. The molecule has 0 fully saturated rings. The molecule has 3 rings (SSSR count). The smallest absolute Gasteiger partial charge is 0.275 e. The Morgan fingerprint density at radius 2 is 1.92 bits per heavy atom. The molecule has 1 amide bonds. The molecule has 2 aromatic carbocycles. The number of methoxy groups -OCH3 is 1. The van der Waals surface area contributed by atoms with E-state index in [2.05, 4.69) is 15.6 Å². The van der Waals surface area contributed by atoms with Gasteiger partial charge in [0.2, 0.25) is 0 Å². The van der Waals surface area contributed by atoms with E-state index in [0.29, 0.717) is 18.0 Å². The molecule has 0 bridgehead atoms. The zero-order valence-corrected chi connectivity index (χ0v) is 14.8. The van der Waals surface area contributed by atoms with Gasteiger partial charge in [0.05, 0.1) is 7.11 Å². The molecule has 3 aromatic rings. The zero-order valence-electron chi connectivity index (χ0n) is 14.8. The number of anilines is 1. The van der Waals surface area contributed by atoms with Crippen LogP contribution in [0.4, 0.5) is 5.82 Å². The molecule has 0 aliphatic carbocycles. The number of benzene rings is 2. The van der Waals surface area contributed by atoms with Gasteiger partial charge in [-0.3, -0.25) is 4.79 Å². The first-order valence-corrected chi connectivity index (χ1v) is 8.28. The molecule has 0 spiro atoms. The molecule has 0 radical (unpaired) electrons. The van der Waals surface area contributed by atoms with Crippen LogP contribution in [-0.2, 0) is 6.42 Å². The Morgan fingerprint density at radius 1 is 1.19 bits per heavy atom. The number of hydrogen-bond donors (Lipinski definition) is 2. The Labute approximate surface area is 151 Å². The Bertz CT molecular complexity index is 903. The van der Waals surface area contributed by atoms with Gasteiger partial charge in [0, 0.05) is 6.54 Å². The molecule has 7 heteroatoms. The zero-order chi connectivity index (χ0) is 18.5. The second-order valence-electron chi connectivity index (χ2n) is 5.90. The highest BCUT2D eigenvalue weighted by atomic mass is 16.5. The lowest BCUT2D eigenvalue weighted by Crippen LogP contribution is -2.27. The Morgan fingerprint density at radius 3 is 2.65 bits per heavy atom. The van der Waals surface area contributed by atoms with E-state index in [1.165, 1.54) is 10.2 Å². The van der Waals surface area contributed by atoms with Crippen LogP contribution in [0.5, 0.6) is 5.75 Å². The normalized spacial score (nSPS) is 10.5. The molecule has 7 nitrogen and oxygen atoms in total. The summed E-state index contributed by atoms with van der Waals surface area (Å²) in [6.07, 6.45) is 0.729. The predicted molar refractivity (Wildman–Crippen MR) is 99.5 cm³/mol. The standard InChI is InChI=1S/C19H21N5O2/c1-13-7-9-14(10-8-13)11-12-21-19(25)17-18(20)24(23-22-17)15-5-3-4-6-16(15)26-2/h3-10H,11-12,20H2,1-2H3,(H,21,25). The summed E-state index contributed by atoms with van der Waals surface area (Å²) >= 11 is 0. The fraction of sp³-hybridized carbons (Fsp3) is 0.211. The number of amides is 1. The van der Waals surface area contributed by atoms with Gasteiger partial charge in [0.15, 0.2) is 11.5 Å². The summed E-state index contributed by atoms with van der Waals surface area (Å²) in [5, 5.41) is 10.7. The van der Waals surface area contributed by atoms with Crippen molar-refractivity contribution in [3.05, 3.63) is 65.4 Å². The highest BCUT2D eigenvalue weighted by molar-refractivity contribution is 5.96. The highest BCUT2D eigenvalue weighted by Crippen LogP contribution is 2.24.